The molecule has 16 heavy (non-hydrogen) atoms. The summed E-state index contributed by atoms with van der Waals surface area (Å²) in [5.74, 6) is 0. The van der Waals surface area contributed by atoms with Crippen molar-refractivity contribution >= 4 is 0 Å². The Balaban J connectivity index is 0.000000293. The van der Waals surface area contributed by atoms with E-state index in [1.54, 1.807) is 0 Å². The van der Waals surface area contributed by atoms with E-state index in [0.29, 0.717) is 0 Å². The van der Waals surface area contributed by atoms with E-state index in [-0.39, 0.29) is 0 Å². The Kier molecular flexibility index (Phi) is 11.3. The van der Waals surface area contributed by atoms with Crippen LogP contribution in [0.3, 0.4) is 0 Å². The van der Waals surface area contributed by atoms with Gasteiger partial charge in [-0.1, -0.05) is 45.4 Å². The van der Waals surface area contributed by atoms with Crippen LogP contribution < -0.4 is 5.73 Å². The monoisotopic (exact) mass is 228 g/mol. The minimum absolute atomic E-state index is 0.861. The predicted molar refractivity (Wildman–Crippen MR) is 73.8 cm³/mol. The van der Waals surface area contributed by atoms with Crippen LogP contribution >= 0.6 is 0 Å². The van der Waals surface area contributed by atoms with E-state index in [1.165, 1.54) is 57.8 Å². The Bertz CT molecular complexity index is 125. The maximum absolute atomic E-state index is 5.27. The zero-order valence-electron chi connectivity index (χ0n) is 11.7. The number of rotatable bonds is 5. The van der Waals surface area contributed by atoms with Gasteiger partial charge in [-0.15, -0.1) is 0 Å². The molecule has 1 fully saturated rings. The van der Waals surface area contributed by atoms with Crippen LogP contribution in [-0.2, 0) is 0 Å². The van der Waals surface area contributed by atoms with Crippen LogP contribution in [0.15, 0.2) is 0 Å². The minimum Gasteiger partial charge on any atom is -0.330 e. The van der Waals surface area contributed by atoms with Gasteiger partial charge in [0, 0.05) is 6.04 Å². The van der Waals surface area contributed by atoms with Crippen LogP contribution in [0.1, 0.15) is 64.7 Å². The normalized spacial score (nSPS) is 17.1. The number of nitrogens with zero attached hydrogens (tertiary/aromatic N) is 1. The molecule has 1 aliphatic rings. The molecule has 1 rings (SSSR count). The Morgan fingerprint density at radius 3 is 2.00 bits per heavy atom. The molecule has 0 amide bonds. The summed E-state index contributed by atoms with van der Waals surface area (Å²) in [6, 6.07) is 0.888. The summed E-state index contributed by atoms with van der Waals surface area (Å²) in [5.41, 5.74) is 5.27. The van der Waals surface area contributed by atoms with Crippen molar-refractivity contribution in [3.63, 3.8) is 0 Å². The molecular formula is C14H32N2. The Hall–Kier alpha value is -0.0800. The molecule has 2 nitrogen and oxygen atoms in total. The van der Waals surface area contributed by atoms with Crippen molar-refractivity contribution in [1.82, 2.24) is 4.90 Å². The van der Waals surface area contributed by atoms with Crippen molar-refractivity contribution in [2.75, 3.05) is 20.6 Å². The molecule has 0 radical (unpaired) electrons. The average Bonchev–Trinajstić information content (AvgIpc) is 2.32. The number of nitrogens with two attached hydrogens (primary N) is 1. The quantitative estimate of drug-likeness (QED) is 0.731. The molecule has 0 aliphatic heterocycles. The van der Waals surface area contributed by atoms with E-state index in [9.17, 15) is 0 Å². The first-order chi connectivity index (χ1) is 7.72. The zero-order valence-corrected chi connectivity index (χ0v) is 11.7. The lowest BCUT2D eigenvalue weighted by Gasteiger charge is -2.27. The highest BCUT2D eigenvalue weighted by Crippen LogP contribution is 2.20. The number of hydrogen-bond acceptors (Lipinski definition) is 2. The zero-order chi connectivity index (χ0) is 12.2. The van der Waals surface area contributed by atoms with E-state index in [0.717, 1.165) is 12.6 Å². The van der Waals surface area contributed by atoms with Crippen LogP contribution in [-0.4, -0.2) is 31.6 Å². The first-order valence-corrected chi connectivity index (χ1v) is 7.08. The highest BCUT2D eigenvalue weighted by atomic mass is 15.1. The van der Waals surface area contributed by atoms with Gasteiger partial charge in [-0.2, -0.15) is 0 Å². The lowest BCUT2D eigenvalue weighted by molar-refractivity contribution is 0.229. The molecule has 2 N–H and O–H groups in total. The van der Waals surface area contributed by atoms with Crippen LogP contribution in [0, 0.1) is 0 Å². The Labute approximate surface area is 103 Å². The first kappa shape index (κ1) is 15.9. The van der Waals surface area contributed by atoms with Crippen LogP contribution in [0.4, 0.5) is 0 Å². The average molecular weight is 228 g/mol. The van der Waals surface area contributed by atoms with Crippen LogP contribution in [0.2, 0.25) is 0 Å². The lowest BCUT2D eigenvalue weighted by Crippen LogP contribution is -2.29. The van der Waals surface area contributed by atoms with E-state index in [4.69, 9.17) is 5.73 Å². The van der Waals surface area contributed by atoms with E-state index in [2.05, 4.69) is 25.9 Å². The Morgan fingerprint density at radius 2 is 1.62 bits per heavy atom. The third-order valence-electron chi connectivity index (χ3n) is 3.36. The SMILES string of the molecule is CCCCCCN.CN(C)C1CCCCC1. The fraction of sp³-hybridized carbons (Fsp3) is 1.00. The van der Waals surface area contributed by atoms with Gasteiger partial charge in [-0.3, -0.25) is 0 Å². The molecule has 1 saturated carbocycles. The van der Waals surface area contributed by atoms with Gasteiger partial charge < -0.3 is 10.6 Å². The molecule has 0 heterocycles. The number of unbranched alkanes of at least 4 members (excludes halogenated alkanes) is 3. The largest absolute Gasteiger partial charge is 0.330 e. The van der Waals surface area contributed by atoms with E-state index < -0.39 is 0 Å². The summed E-state index contributed by atoms with van der Waals surface area (Å²) in [4.78, 5) is 2.36. The Morgan fingerprint density at radius 1 is 1.00 bits per heavy atom. The smallest absolute Gasteiger partial charge is 0.00891 e. The van der Waals surface area contributed by atoms with E-state index >= 15 is 0 Å². The summed E-state index contributed by atoms with van der Waals surface area (Å²) in [6.45, 7) is 3.07. The highest BCUT2D eigenvalue weighted by molar-refractivity contribution is 4.70. The molecule has 0 atom stereocenters. The minimum atomic E-state index is 0.861. The van der Waals surface area contributed by atoms with Crippen molar-refractivity contribution in [3.05, 3.63) is 0 Å². The molecule has 98 valence electrons. The molecule has 1 aliphatic carbocycles. The molecule has 0 bridgehead atoms. The van der Waals surface area contributed by atoms with Crippen molar-refractivity contribution < 1.29 is 0 Å². The summed E-state index contributed by atoms with van der Waals surface area (Å²) in [6.07, 6.45) is 12.4. The van der Waals surface area contributed by atoms with Gasteiger partial charge in [0.2, 0.25) is 0 Å². The maximum Gasteiger partial charge on any atom is 0.00891 e. The summed E-state index contributed by atoms with van der Waals surface area (Å²) in [5, 5.41) is 0. The van der Waals surface area contributed by atoms with Gasteiger partial charge in [0.15, 0.2) is 0 Å². The van der Waals surface area contributed by atoms with Crippen LogP contribution in [0.25, 0.3) is 0 Å². The number of hydrogen-bond donors (Lipinski definition) is 1. The molecule has 0 spiro atoms. The molecule has 0 aromatic rings. The van der Waals surface area contributed by atoms with Crippen molar-refractivity contribution in [3.8, 4) is 0 Å². The second-order valence-corrected chi connectivity index (χ2v) is 5.10. The first-order valence-electron chi connectivity index (χ1n) is 7.08. The fourth-order valence-electron chi connectivity index (χ4n) is 2.17. The predicted octanol–water partition coefficient (Wildman–Crippen LogP) is 3.41. The summed E-state index contributed by atoms with van der Waals surface area (Å²) < 4.78 is 0. The van der Waals surface area contributed by atoms with Gasteiger partial charge in [0.05, 0.1) is 0 Å². The second kappa shape index (κ2) is 11.4. The standard InChI is InChI=1S/C8H17N.C6H15N/c1-9(2)8-6-4-3-5-7-8;1-2-3-4-5-6-7/h8H,3-7H2,1-2H3;2-7H2,1H3. The van der Waals surface area contributed by atoms with E-state index in [1.807, 2.05) is 0 Å². The van der Waals surface area contributed by atoms with Crippen LogP contribution in [0.5, 0.6) is 0 Å². The van der Waals surface area contributed by atoms with Crippen molar-refractivity contribution in [2.45, 2.75) is 70.8 Å². The van der Waals surface area contributed by atoms with Gasteiger partial charge in [-0.25, -0.2) is 0 Å². The maximum atomic E-state index is 5.27. The van der Waals surface area contributed by atoms with Gasteiger partial charge in [0.1, 0.15) is 0 Å². The molecule has 0 unspecified atom stereocenters. The molecular weight excluding hydrogens is 196 g/mol. The molecule has 2 heteroatoms. The summed E-state index contributed by atoms with van der Waals surface area (Å²) in [7, 11) is 4.38. The van der Waals surface area contributed by atoms with Gasteiger partial charge in [0.25, 0.3) is 0 Å². The highest BCUT2D eigenvalue weighted by Gasteiger charge is 2.13. The molecule has 0 aromatic heterocycles. The van der Waals surface area contributed by atoms with Gasteiger partial charge in [-0.05, 0) is 39.9 Å². The van der Waals surface area contributed by atoms with Gasteiger partial charge >= 0.3 is 0 Å². The lowest BCUT2D eigenvalue weighted by atomic mass is 9.95. The fourth-order valence-corrected chi connectivity index (χ4v) is 2.17. The second-order valence-electron chi connectivity index (χ2n) is 5.10. The van der Waals surface area contributed by atoms with Crippen molar-refractivity contribution in [2.24, 2.45) is 5.73 Å². The third kappa shape index (κ3) is 9.17. The molecule has 0 aromatic carbocycles. The topological polar surface area (TPSA) is 29.3 Å². The third-order valence-corrected chi connectivity index (χ3v) is 3.36. The van der Waals surface area contributed by atoms with Crippen molar-refractivity contribution in [1.29, 1.82) is 0 Å². The molecule has 0 saturated heterocycles. The summed E-state index contributed by atoms with van der Waals surface area (Å²) >= 11 is 0.